The van der Waals surface area contributed by atoms with Crippen molar-refractivity contribution in [2.75, 3.05) is 12.3 Å². The Kier molecular flexibility index (Phi) is 4.10. The molecule has 0 radical (unpaired) electrons. The predicted octanol–water partition coefficient (Wildman–Crippen LogP) is 2.22. The third-order valence-corrected chi connectivity index (χ3v) is 4.63. The first kappa shape index (κ1) is 17.1. The Morgan fingerprint density at radius 3 is 2.68 bits per heavy atom. The van der Waals surface area contributed by atoms with Gasteiger partial charge >= 0.3 is 0 Å². The first-order valence-electron chi connectivity index (χ1n) is 8.32. The van der Waals surface area contributed by atoms with Crippen molar-refractivity contribution in [2.45, 2.75) is 44.7 Å². The number of amides is 1. The van der Waals surface area contributed by atoms with Crippen molar-refractivity contribution in [1.82, 2.24) is 24.6 Å². The third kappa shape index (κ3) is 2.79. The molecule has 7 nitrogen and oxygen atoms in total. The van der Waals surface area contributed by atoms with Gasteiger partial charge in [0.1, 0.15) is 12.1 Å². The number of rotatable bonds is 3. The Hall–Kier alpha value is -2.70. The second-order valence-corrected chi connectivity index (χ2v) is 7.39. The number of hydrogen-bond acceptors (Lipinski definition) is 5. The molecule has 2 aromatic heterocycles. The second-order valence-electron chi connectivity index (χ2n) is 7.39. The van der Waals surface area contributed by atoms with Gasteiger partial charge in [0.25, 0.3) is 0 Å². The number of likely N-dealkylation sites (tertiary alicyclic amines) is 1. The van der Waals surface area contributed by atoms with Gasteiger partial charge < -0.3 is 10.6 Å². The fourth-order valence-corrected chi connectivity index (χ4v) is 3.39. The van der Waals surface area contributed by atoms with E-state index in [1.165, 1.54) is 12.4 Å². The van der Waals surface area contributed by atoms with Crippen LogP contribution in [0.4, 0.5) is 5.82 Å². The molecule has 1 aliphatic heterocycles. The third-order valence-electron chi connectivity index (χ3n) is 4.63. The van der Waals surface area contributed by atoms with Gasteiger partial charge in [-0.1, -0.05) is 33.4 Å². The normalized spacial score (nSPS) is 20.8. The van der Waals surface area contributed by atoms with E-state index in [1.807, 2.05) is 4.68 Å². The van der Waals surface area contributed by atoms with E-state index in [-0.39, 0.29) is 23.4 Å². The van der Waals surface area contributed by atoms with E-state index in [2.05, 4.69) is 43.9 Å². The lowest BCUT2D eigenvalue weighted by Gasteiger charge is -2.19. The number of fused-ring (bicyclic) bond motifs is 1. The summed E-state index contributed by atoms with van der Waals surface area (Å²) >= 11 is 0. The quantitative estimate of drug-likeness (QED) is 0.683. The molecule has 3 rings (SSSR count). The molecule has 0 aliphatic carbocycles. The first-order chi connectivity index (χ1) is 11.8. The molecular weight excluding hydrogens is 316 g/mol. The highest BCUT2D eigenvalue weighted by atomic mass is 16.2. The topological polar surface area (TPSA) is 89.9 Å². The number of aromatic nitrogens is 4. The molecular formula is C18H24N6O. The number of nitrogen functional groups attached to an aromatic ring is 1. The zero-order valence-corrected chi connectivity index (χ0v) is 14.9. The smallest absolute Gasteiger partial charge is 0.246 e. The molecule has 0 unspecified atom stereocenters. The van der Waals surface area contributed by atoms with E-state index >= 15 is 0 Å². The Balaban J connectivity index is 2.11. The number of carbonyl (C=O) groups is 1. The number of anilines is 1. The zero-order chi connectivity index (χ0) is 18.4. The van der Waals surface area contributed by atoms with Gasteiger partial charge in [-0.15, -0.1) is 6.58 Å². The van der Waals surface area contributed by atoms with Crippen LogP contribution >= 0.6 is 0 Å². The predicted molar refractivity (Wildman–Crippen MR) is 98.0 cm³/mol. The molecule has 1 fully saturated rings. The lowest BCUT2D eigenvalue weighted by atomic mass is 9.90. The van der Waals surface area contributed by atoms with E-state index in [9.17, 15) is 4.79 Å². The zero-order valence-electron chi connectivity index (χ0n) is 14.9. The molecule has 3 heterocycles. The van der Waals surface area contributed by atoms with Crippen molar-refractivity contribution in [2.24, 2.45) is 0 Å². The van der Waals surface area contributed by atoms with Crippen molar-refractivity contribution in [3.63, 3.8) is 0 Å². The van der Waals surface area contributed by atoms with Crippen LogP contribution in [0.25, 0.3) is 11.0 Å². The summed E-state index contributed by atoms with van der Waals surface area (Å²) in [6.07, 6.45) is 5.31. The minimum Gasteiger partial charge on any atom is -0.383 e. The molecule has 0 bridgehead atoms. The van der Waals surface area contributed by atoms with Gasteiger partial charge in [-0.3, -0.25) is 4.79 Å². The summed E-state index contributed by atoms with van der Waals surface area (Å²) in [6.45, 7) is 14.2. The number of nitrogens with zero attached hydrogens (tertiary/aromatic N) is 5. The van der Waals surface area contributed by atoms with Crippen LogP contribution in [0.1, 0.15) is 38.9 Å². The summed E-state index contributed by atoms with van der Waals surface area (Å²) in [7, 11) is 0. The monoisotopic (exact) mass is 340 g/mol. The van der Waals surface area contributed by atoms with E-state index in [0.29, 0.717) is 18.0 Å². The van der Waals surface area contributed by atoms with Crippen LogP contribution in [0.15, 0.2) is 31.6 Å². The van der Waals surface area contributed by atoms with Gasteiger partial charge in [0.15, 0.2) is 5.65 Å². The van der Waals surface area contributed by atoms with E-state index < -0.39 is 0 Å². The summed E-state index contributed by atoms with van der Waals surface area (Å²) in [6, 6.07) is -0.0492. The molecule has 2 atom stereocenters. The lowest BCUT2D eigenvalue weighted by molar-refractivity contribution is -0.126. The molecule has 25 heavy (non-hydrogen) atoms. The largest absolute Gasteiger partial charge is 0.383 e. The van der Waals surface area contributed by atoms with Crippen molar-refractivity contribution < 1.29 is 4.79 Å². The number of nitrogens with two attached hydrogens (primary N) is 1. The van der Waals surface area contributed by atoms with Gasteiger partial charge in [-0.25, -0.2) is 14.6 Å². The molecule has 7 heteroatoms. The maximum Gasteiger partial charge on any atom is 0.246 e. The fraction of sp³-hybridized carbons (Fsp3) is 0.444. The van der Waals surface area contributed by atoms with Gasteiger partial charge in [0, 0.05) is 12.0 Å². The summed E-state index contributed by atoms with van der Waals surface area (Å²) in [5.74, 6) is 0.326. The van der Waals surface area contributed by atoms with Crippen LogP contribution in [0.5, 0.6) is 0 Å². The van der Waals surface area contributed by atoms with Crippen LogP contribution in [-0.2, 0) is 10.2 Å². The molecule has 1 aliphatic rings. The Labute approximate surface area is 147 Å². The van der Waals surface area contributed by atoms with Crippen molar-refractivity contribution >= 4 is 22.8 Å². The van der Waals surface area contributed by atoms with Gasteiger partial charge in [0.05, 0.1) is 23.2 Å². The summed E-state index contributed by atoms with van der Waals surface area (Å²) in [5.41, 5.74) is 7.49. The average Bonchev–Trinajstić information content (AvgIpc) is 3.15. The number of hydrogen-bond donors (Lipinski definition) is 1. The van der Waals surface area contributed by atoms with Gasteiger partial charge in [0.2, 0.25) is 5.91 Å². The standard InChI is InChI=1S/C18H24N6O/c1-6-11-8-12(9-23(11)13(25)7-2)24-17-14(16(19)20-10-21-17)15(22-24)18(3,4)5/h6-7,10-12H,1-2,8-9H2,3-5H3,(H2,19,20,21)/t11-,12-/m1/s1. The van der Waals surface area contributed by atoms with E-state index in [4.69, 9.17) is 10.8 Å². The molecule has 0 saturated carbocycles. The maximum atomic E-state index is 12.1. The number of carbonyl (C=O) groups excluding carboxylic acids is 1. The molecule has 0 aromatic carbocycles. The second kappa shape index (κ2) is 5.98. The molecule has 132 valence electrons. The highest BCUT2D eigenvalue weighted by molar-refractivity contribution is 5.89. The minimum absolute atomic E-state index is 0.000185. The van der Waals surface area contributed by atoms with Crippen LogP contribution < -0.4 is 5.73 Å². The maximum absolute atomic E-state index is 12.1. The minimum atomic E-state index is -0.199. The SMILES string of the molecule is C=CC(=O)N1C[C@H](n2nc(C(C)(C)C)c3c(N)ncnc32)C[C@H]1C=C. The average molecular weight is 340 g/mol. The van der Waals surface area contributed by atoms with Gasteiger partial charge in [-0.2, -0.15) is 5.10 Å². The van der Waals surface area contributed by atoms with Crippen molar-refractivity contribution in [1.29, 1.82) is 0 Å². The van der Waals surface area contributed by atoms with Crippen LogP contribution in [0.3, 0.4) is 0 Å². The van der Waals surface area contributed by atoms with Gasteiger partial charge in [-0.05, 0) is 12.5 Å². The highest BCUT2D eigenvalue weighted by Gasteiger charge is 2.36. The molecule has 0 spiro atoms. The van der Waals surface area contributed by atoms with Crippen LogP contribution in [0.2, 0.25) is 0 Å². The Bertz CT molecular complexity index is 847. The molecule has 2 aromatic rings. The first-order valence-corrected chi connectivity index (χ1v) is 8.32. The van der Waals surface area contributed by atoms with E-state index in [1.54, 1.807) is 11.0 Å². The summed E-state index contributed by atoms with van der Waals surface area (Å²) < 4.78 is 1.89. The lowest BCUT2D eigenvalue weighted by Crippen LogP contribution is -2.33. The van der Waals surface area contributed by atoms with E-state index in [0.717, 1.165) is 17.5 Å². The Morgan fingerprint density at radius 1 is 1.36 bits per heavy atom. The summed E-state index contributed by atoms with van der Waals surface area (Å²) in [5, 5.41) is 5.62. The highest BCUT2D eigenvalue weighted by Crippen LogP contribution is 2.35. The van der Waals surface area contributed by atoms with Crippen molar-refractivity contribution in [3.05, 3.63) is 37.3 Å². The van der Waals surface area contributed by atoms with Crippen LogP contribution in [-0.4, -0.2) is 43.1 Å². The molecule has 1 amide bonds. The summed E-state index contributed by atoms with van der Waals surface area (Å²) in [4.78, 5) is 22.4. The molecule has 1 saturated heterocycles. The molecule has 2 N–H and O–H groups in total. The fourth-order valence-electron chi connectivity index (χ4n) is 3.39. The van der Waals surface area contributed by atoms with Crippen LogP contribution in [0, 0.1) is 0 Å². The Morgan fingerprint density at radius 2 is 2.08 bits per heavy atom. The van der Waals surface area contributed by atoms with Crippen molar-refractivity contribution in [3.8, 4) is 0 Å².